The van der Waals surface area contributed by atoms with Crippen molar-refractivity contribution >= 4 is 16.0 Å². The zero-order valence-electron chi connectivity index (χ0n) is 14.9. The molecule has 2 aliphatic carbocycles. The van der Waals surface area contributed by atoms with Gasteiger partial charge in [0.05, 0.1) is 6.26 Å². The van der Waals surface area contributed by atoms with Gasteiger partial charge in [-0.3, -0.25) is 9.89 Å². The van der Waals surface area contributed by atoms with Crippen LogP contribution >= 0.6 is 0 Å². The van der Waals surface area contributed by atoms with E-state index in [0.717, 1.165) is 50.0 Å². The fourth-order valence-corrected chi connectivity index (χ4v) is 5.14. The molecule has 3 fully saturated rings. The lowest BCUT2D eigenvalue weighted by Crippen LogP contribution is -2.56. The highest BCUT2D eigenvalue weighted by molar-refractivity contribution is 7.88. The van der Waals surface area contributed by atoms with Crippen molar-refractivity contribution in [2.75, 3.05) is 52.6 Å². The molecule has 3 aliphatic rings. The largest absolute Gasteiger partial charge is 0.355 e. The Labute approximate surface area is 145 Å². The molecule has 7 nitrogen and oxygen atoms in total. The first-order valence-corrected chi connectivity index (χ1v) is 11.0. The summed E-state index contributed by atoms with van der Waals surface area (Å²) in [5.74, 6) is 2.81. The van der Waals surface area contributed by atoms with Crippen molar-refractivity contribution in [3.63, 3.8) is 0 Å². The van der Waals surface area contributed by atoms with Crippen molar-refractivity contribution in [2.45, 2.75) is 31.7 Å². The Balaban J connectivity index is 1.41. The average Bonchev–Trinajstić information content (AvgIpc) is 3.17. The van der Waals surface area contributed by atoms with Crippen LogP contribution in [0, 0.1) is 11.8 Å². The molecule has 2 N–H and O–H groups in total. The molecule has 24 heavy (non-hydrogen) atoms. The molecule has 3 rings (SSSR count). The number of hydrogen-bond donors (Lipinski definition) is 2. The molecule has 0 aromatic carbocycles. The molecule has 0 radical (unpaired) electrons. The summed E-state index contributed by atoms with van der Waals surface area (Å²) < 4.78 is 24.6. The van der Waals surface area contributed by atoms with Gasteiger partial charge in [0.1, 0.15) is 0 Å². The molecule has 3 atom stereocenters. The van der Waals surface area contributed by atoms with E-state index in [9.17, 15) is 8.42 Å². The van der Waals surface area contributed by atoms with E-state index in [2.05, 4.69) is 24.8 Å². The van der Waals surface area contributed by atoms with Crippen LogP contribution in [0.15, 0.2) is 4.99 Å². The molecule has 1 aliphatic heterocycles. The molecular formula is C16H31N5O2S. The predicted molar refractivity (Wildman–Crippen MR) is 96.6 cm³/mol. The summed E-state index contributed by atoms with van der Waals surface area (Å²) in [7, 11) is -1.34. The molecule has 0 amide bonds. The summed E-state index contributed by atoms with van der Waals surface area (Å²) in [4.78, 5) is 9.32. The molecule has 8 heteroatoms. The van der Waals surface area contributed by atoms with Crippen LogP contribution in [0.5, 0.6) is 0 Å². The zero-order valence-corrected chi connectivity index (χ0v) is 15.7. The Morgan fingerprint density at radius 3 is 2.42 bits per heavy atom. The maximum Gasteiger partial charge on any atom is 0.208 e. The summed E-state index contributed by atoms with van der Waals surface area (Å²) in [5, 5.41) is 3.25. The Morgan fingerprint density at radius 2 is 1.88 bits per heavy atom. The first-order chi connectivity index (χ1) is 11.5. The van der Waals surface area contributed by atoms with Gasteiger partial charge in [-0.15, -0.1) is 0 Å². The fraction of sp³-hybridized carbons (Fsp3) is 0.938. The first-order valence-electron chi connectivity index (χ1n) is 9.10. The SMILES string of the molecule is CN=C(NCCNS(C)(=O)=O)N1CCN(C2CC3CCC2C3)CC1. The van der Waals surface area contributed by atoms with E-state index in [0.29, 0.717) is 13.1 Å². The number of hydrogen-bond acceptors (Lipinski definition) is 4. The normalized spacial score (nSPS) is 31.7. The Hall–Kier alpha value is -0.860. The Kier molecular flexibility index (Phi) is 5.66. The standard InChI is InChI=1S/C16H31N5O2S/c1-17-16(18-5-6-19-24(2,22)23)21-9-7-20(8-10-21)15-12-13-3-4-14(15)11-13/h13-15,19H,3-12H2,1-2H3,(H,17,18). The monoisotopic (exact) mass is 357 g/mol. The average molecular weight is 358 g/mol. The minimum absolute atomic E-state index is 0.378. The highest BCUT2D eigenvalue weighted by Gasteiger charge is 2.42. The third-order valence-corrected chi connectivity index (χ3v) is 6.50. The minimum atomic E-state index is -3.12. The molecule has 3 unspecified atom stereocenters. The van der Waals surface area contributed by atoms with E-state index in [-0.39, 0.29) is 0 Å². The van der Waals surface area contributed by atoms with Crippen molar-refractivity contribution in [3.05, 3.63) is 0 Å². The first kappa shape index (κ1) is 17.9. The van der Waals surface area contributed by atoms with Crippen LogP contribution in [-0.2, 0) is 10.0 Å². The van der Waals surface area contributed by atoms with E-state index in [1.807, 2.05) is 0 Å². The molecule has 0 aromatic rings. The van der Waals surface area contributed by atoms with Crippen molar-refractivity contribution in [2.24, 2.45) is 16.8 Å². The molecule has 2 saturated carbocycles. The summed E-state index contributed by atoms with van der Waals surface area (Å²) in [6, 6.07) is 0.819. The van der Waals surface area contributed by atoms with Crippen LogP contribution in [0.25, 0.3) is 0 Å². The third kappa shape index (κ3) is 4.40. The van der Waals surface area contributed by atoms with Crippen LogP contribution in [0.3, 0.4) is 0 Å². The van der Waals surface area contributed by atoms with E-state index >= 15 is 0 Å². The van der Waals surface area contributed by atoms with Gasteiger partial charge in [-0.1, -0.05) is 6.42 Å². The number of guanidine groups is 1. The van der Waals surface area contributed by atoms with Gasteiger partial charge in [-0.25, -0.2) is 13.1 Å². The third-order valence-electron chi connectivity index (χ3n) is 5.77. The van der Waals surface area contributed by atoms with Gasteiger partial charge >= 0.3 is 0 Å². The van der Waals surface area contributed by atoms with Gasteiger partial charge in [0.25, 0.3) is 0 Å². The summed E-state index contributed by atoms with van der Waals surface area (Å²) in [6.07, 6.45) is 6.94. The molecule has 2 bridgehead atoms. The highest BCUT2D eigenvalue weighted by atomic mass is 32.2. The van der Waals surface area contributed by atoms with Gasteiger partial charge in [0, 0.05) is 52.4 Å². The van der Waals surface area contributed by atoms with Gasteiger partial charge in [0.15, 0.2) is 5.96 Å². The number of rotatable bonds is 5. The highest BCUT2D eigenvalue weighted by Crippen LogP contribution is 2.46. The van der Waals surface area contributed by atoms with Crippen molar-refractivity contribution in [1.82, 2.24) is 19.8 Å². The number of sulfonamides is 1. The quantitative estimate of drug-likeness (QED) is 0.409. The number of nitrogens with one attached hydrogen (secondary N) is 2. The predicted octanol–water partition coefficient (Wildman–Crippen LogP) is -0.0828. The fourth-order valence-electron chi connectivity index (χ4n) is 4.67. The summed E-state index contributed by atoms with van der Waals surface area (Å²) in [5.41, 5.74) is 0. The molecular weight excluding hydrogens is 326 g/mol. The molecule has 138 valence electrons. The van der Waals surface area contributed by atoms with Crippen molar-refractivity contribution < 1.29 is 8.42 Å². The number of fused-ring (bicyclic) bond motifs is 2. The van der Waals surface area contributed by atoms with Crippen LogP contribution in [0.4, 0.5) is 0 Å². The van der Waals surface area contributed by atoms with Gasteiger partial charge in [-0.2, -0.15) is 0 Å². The van der Waals surface area contributed by atoms with E-state index in [1.54, 1.807) is 7.05 Å². The van der Waals surface area contributed by atoms with Crippen molar-refractivity contribution in [3.8, 4) is 0 Å². The molecule has 0 spiro atoms. The van der Waals surface area contributed by atoms with E-state index in [4.69, 9.17) is 0 Å². The van der Waals surface area contributed by atoms with Gasteiger partial charge < -0.3 is 10.2 Å². The molecule has 1 saturated heterocycles. The second kappa shape index (κ2) is 7.58. The minimum Gasteiger partial charge on any atom is -0.355 e. The second-order valence-corrected chi connectivity index (χ2v) is 9.24. The lowest BCUT2D eigenvalue weighted by molar-refractivity contribution is 0.0959. The number of aliphatic imine (C=N–C) groups is 1. The Bertz CT molecular complexity index is 557. The van der Waals surface area contributed by atoms with E-state index < -0.39 is 10.0 Å². The lowest BCUT2D eigenvalue weighted by Gasteiger charge is -2.41. The Morgan fingerprint density at radius 1 is 1.12 bits per heavy atom. The van der Waals surface area contributed by atoms with E-state index in [1.165, 1.54) is 31.9 Å². The van der Waals surface area contributed by atoms with Crippen LogP contribution in [0.1, 0.15) is 25.7 Å². The van der Waals surface area contributed by atoms with Gasteiger partial charge in [0.2, 0.25) is 10.0 Å². The lowest BCUT2D eigenvalue weighted by atomic mass is 9.93. The summed E-state index contributed by atoms with van der Waals surface area (Å²) >= 11 is 0. The molecule has 1 heterocycles. The smallest absolute Gasteiger partial charge is 0.208 e. The maximum absolute atomic E-state index is 11.1. The van der Waals surface area contributed by atoms with Gasteiger partial charge in [-0.05, 0) is 31.1 Å². The zero-order chi connectivity index (χ0) is 17.2. The van der Waals surface area contributed by atoms with Crippen LogP contribution in [0.2, 0.25) is 0 Å². The number of piperazine rings is 1. The molecule has 0 aromatic heterocycles. The van der Waals surface area contributed by atoms with Crippen LogP contribution < -0.4 is 10.0 Å². The maximum atomic E-state index is 11.1. The van der Waals surface area contributed by atoms with Crippen LogP contribution in [-0.4, -0.2) is 82.8 Å². The van der Waals surface area contributed by atoms with Crippen molar-refractivity contribution in [1.29, 1.82) is 0 Å². The topological polar surface area (TPSA) is 77.0 Å². The number of nitrogens with zero attached hydrogens (tertiary/aromatic N) is 3. The summed E-state index contributed by atoms with van der Waals surface area (Å²) in [6.45, 7) is 5.13. The second-order valence-electron chi connectivity index (χ2n) is 7.41.